The molecule has 32 heavy (non-hydrogen) atoms. The summed E-state index contributed by atoms with van der Waals surface area (Å²) in [5.41, 5.74) is -1.18. The molecule has 3 amide bonds. The van der Waals surface area contributed by atoms with Crippen LogP contribution in [0, 0.1) is 0 Å². The van der Waals surface area contributed by atoms with Gasteiger partial charge in [-0.2, -0.15) is 5.12 Å². The smallest absolute Gasteiger partial charge is 0.336 e. The van der Waals surface area contributed by atoms with Gasteiger partial charge in [-0.15, -0.1) is 5.06 Å². The van der Waals surface area contributed by atoms with Crippen molar-refractivity contribution in [3.05, 3.63) is 24.4 Å². The summed E-state index contributed by atoms with van der Waals surface area (Å²) >= 11 is 0. The number of pyridine rings is 1. The fraction of sp³-hybridized carbons (Fsp3) is 0.526. The van der Waals surface area contributed by atoms with Crippen molar-refractivity contribution in [3.63, 3.8) is 0 Å². The Morgan fingerprint density at radius 3 is 2.50 bits per heavy atom. The van der Waals surface area contributed by atoms with Gasteiger partial charge in [-0.3, -0.25) is 14.4 Å². The number of rotatable bonds is 11. The minimum absolute atomic E-state index is 0.0103. The number of aromatic nitrogens is 1. The highest BCUT2D eigenvalue weighted by atomic mass is 33.1. The molecule has 0 radical (unpaired) electrons. The number of carbonyl (C=O) groups excluding carboxylic acids is 4. The Bertz CT molecular complexity index is 767. The SMILES string of the molecule is CC(C)(CC(=O)ON1C(=O)CCC1=O)OCN(F)C(=O)CCSSc1ccccn1.CO. The summed E-state index contributed by atoms with van der Waals surface area (Å²) in [4.78, 5) is 55.6. The summed E-state index contributed by atoms with van der Waals surface area (Å²) in [6.07, 6.45) is 1.26. The zero-order valence-electron chi connectivity index (χ0n) is 18.0. The lowest BCUT2D eigenvalue weighted by Gasteiger charge is -2.26. The number of ether oxygens (including phenoxy) is 1. The number of amides is 3. The number of hydrogen-bond acceptors (Lipinski definition) is 10. The largest absolute Gasteiger partial charge is 0.400 e. The molecule has 1 aromatic heterocycles. The van der Waals surface area contributed by atoms with E-state index in [-0.39, 0.29) is 30.8 Å². The molecule has 0 unspecified atom stereocenters. The van der Waals surface area contributed by atoms with Crippen LogP contribution in [0.5, 0.6) is 0 Å². The van der Waals surface area contributed by atoms with Crippen molar-refractivity contribution in [2.24, 2.45) is 0 Å². The number of nitrogens with zero attached hydrogens (tertiary/aromatic N) is 3. The Labute approximate surface area is 193 Å². The fourth-order valence-electron chi connectivity index (χ4n) is 2.24. The molecule has 0 atom stereocenters. The maximum Gasteiger partial charge on any atom is 0.336 e. The van der Waals surface area contributed by atoms with Crippen molar-refractivity contribution in [2.75, 3.05) is 19.6 Å². The molecule has 2 rings (SSSR count). The number of aliphatic hydroxyl groups is 1. The minimum Gasteiger partial charge on any atom is -0.400 e. The van der Waals surface area contributed by atoms with Crippen molar-refractivity contribution < 1.29 is 38.3 Å². The number of carbonyl (C=O) groups is 4. The second-order valence-electron chi connectivity index (χ2n) is 6.83. The molecule has 10 nitrogen and oxygen atoms in total. The molecule has 1 aromatic rings. The van der Waals surface area contributed by atoms with E-state index in [2.05, 4.69) is 4.98 Å². The zero-order chi connectivity index (χ0) is 24.1. The molecule has 1 saturated heterocycles. The lowest BCUT2D eigenvalue weighted by Crippen LogP contribution is -2.38. The summed E-state index contributed by atoms with van der Waals surface area (Å²) in [5.74, 6) is -2.42. The third-order valence-electron chi connectivity index (χ3n) is 3.79. The van der Waals surface area contributed by atoms with Crippen molar-refractivity contribution >= 4 is 45.3 Å². The third kappa shape index (κ3) is 9.94. The molecule has 0 saturated carbocycles. The summed E-state index contributed by atoms with van der Waals surface area (Å²) in [7, 11) is 3.77. The van der Waals surface area contributed by atoms with Gasteiger partial charge in [-0.1, -0.05) is 21.3 Å². The molecule has 0 aromatic carbocycles. The van der Waals surface area contributed by atoms with Gasteiger partial charge in [0.1, 0.15) is 5.03 Å². The van der Waals surface area contributed by atoms with Gasteiger partial charge in [-0.05, 0) is 36.8 Å². The molecule has 1 aliphatic heterocycles. The van der Waals surface area contributed by atoms with Crippen LogP contribution in [0.1, 0.15) is 39.5 Å². The molecular formula is C19H26FN3O7S2. The Kier molecular flexibility index (Phi) is 12.2. The number of imide groups is 1. The summed E-state index contributed by atoms with van der Waals surface area (Å²) in [6.45, 7) is 2.33. The molecule has 0 spiro atoms. The van der Waals surface area contributed by atoms with Crippen molar-refractivity contribution in [3.8, 4) is 0 Å². The van der Waals surface area contributed by atoms with E-state index in [0.717, 1.165) is 12.1 Å². The predicted molar refractivity (Wildman–Crippen MR) is 115 cm³/mol. The maximum absolute atomic E-state index is 14.0. The van der Waals surface area contributed by atoms with Crippen LogP contribution in [0.25, 0.3) is 0 Å². The number of halogens is 1. The van der Waals surface area contributed by atoms with E-state index in [0.29, 0.717) is 10.8 Å². The van der Waals surface area contributed by atoms with Gasteiger partial charge in [0.25, 0.3) is 17.7 Å². The van der Waals surface area contributed by atoms with Gasteiger partial charge in [0.05, 0.1) is 12.0 Å². The lowest BCUT2D eigenvalue weighted by molar-refractivity contribution is -0.203. The van der Waals surface area contributed by atoms with Crippen molar-refractivity contribution in [2.45, 2.75) is 50.2 Å². The first-order chi connectivity index (χ1) is 15.2. The average Bonchev–Trinajstić information content (AvgIpc) is 3.08. The quantitative estimate of drug-likeness (QED) is 0.162. The predicted octanol–water partition coefficient (Wildman–Crippen LogP) is 2.28. The van der Waals surface area contributed by atoms with Crippen LogP contribution < -0.4 is 0 Å². The van der Waals surface area contributed by atoms with Gasteiger partial charge in [0, 0.05) is 38.3 Å². The molecule has 0 bridgehead atoms. The first kappa shape index (κ1) is 27.8. The molecule has 178 valence electrons. The Hall–Kier alpha value is -2.22. The molecule has 1 aliphatic rings. The van der Waals surface area contributed by atoms with Gasteiger partial charge >= 0.3 is 5.97 Å². The summed E-state index contributed by atoms with van der Waals surface area (Å²) in [6, 6.07) is 5.48. The Morgan fingerprint density at radius 2 is 1.91 bits per heavy atom. The van der Waals surface area contributed by atoms with Crippen LogP contribution in [-0.4, -0.2) is 69.2 Å². The molecule has 1 N–H and O–H groups in total. The molecule has 1 fully saturated rings. The second kappa shape index (κ2) is 14.0. The van der Waals surface area contributed by atoms with Crippen LogP contribution in [0.3, 0.4) is 0 Å². The highest BCUT2D eigenvalue weighted by Crippen LogP contribution is 2.29. The lowest BCUT2D eigenvalue weighted by atomic mass is 10.1. The molecular weight excluding hydrogens is 465 g/mol. The van der Waals surface area contributed by atoms with E-state index in [1.54, 1.807) is 12.3 Å². The van der Waals surface area contributed by atoms with Crippen LogP contribution in [0.2, 0.25) is 0 Å². The van der Waals surface area contributed by atoms with Crippen molar-refractivity contribution in [1.82, 2.24) is 15.2 Å². The van der Waals surface area contributed by atoms with E-state index >= 15 is 0 Å². The van der Waals surface area contributed by atoms with Crippen LogP contribution in [0.4, 0.5) is 4.48 Å². The van der Waals surface area contributed by atoms with Gasteiger partial charge < -0.3 is 14.7 Å². The minimum atomic E-state index is -1.18. The monoisotopic (exact) mass is 491 g/mol. The average molecular weight is 492 g/mol. The van der Waals surface area contributed by atoms with E-state index in [1.807, 2.05) is 12.1 Å². The highest BCUT2D eigenvalue weighted by molar-refractivity contribution is 8.76. The Morgan fingerprint density at radius 1 is 1.25 bits per heavy atom. The Balaban J connectivity index is 0.00000249. The topological polar surface area (TPSA) is 126 Å². The standard InChI is InChI=1S/C18H22FN3O6S2.CH4O/c1-18(2,11-17(26)28-22-15(24)6-7-16(22)25)27-12-21(19)14(23)8-10-29-30-13-5-3-4-9-20-13;1-2/h3-5,9H,6-8,10-12H2,1-2H3;2H,1H3. The van der Waals surface area contributed by atoms with Gasteiger partial charge in [-0.25, -0.2) is 9.78 Å². The number of aliphatic hydroxyl groups excluding tert-OH is 1. The normalized spacial score (nSPS) is 13.5. The maximum atomic E-state index is 14.0. The van der Waals surface area contributed by atoms with E-state index in [4.69, 9.17) is 14.7 Å². The van der Waals surface area contributed by atoms with Crippen molar-refractivity contribution in [1.29, 1.82) is 0 Å². The second-order valence-corrected chi connectivity index (χ2v) is 9.27. The summed E-state index contributed by atoms with van der Waals surface area (Å²) < 4.78 is 19.3. The van der Waals surface area contributed by atoms with E-state index < -0.39 is 36.0 Å². The van der Waals surface area contributed by atoms with Gasteiger partial charge in [0.2, 0.25) is 0 Å². The first-order valence-electron chi connectivity index (χ1n) is 9.50. The van der Waals surface area contributed by atoms with Crippen LogP contribution in [-0.2, 0) is 28.8 Å². The number of hydroxylamine groups is 2. The van der Waals surface area contributed by atoms with Crippen LogP contribution >= 0.6 is 21.6 Å². The molecule has 0 aliphatic carbocycles. The first-order valence-corrected chi connectivity index (χ1v) is 11.8. The fourth-order valence-corrected chi connectivity index (χ4v) is 4.10. The van der Waals surface area contributed by atoms with Crippen LogP contribution in [0.15, 0.2) is 29.4 Å². The van der Waals surface area contributed by atoms with E-state index in [9.17, 15) is 23.7 Å². The molecule has 13 heteroatoms. The number of hydrogen-bond donors (Lipinski definition) is 1. The summed E-state index contributed by atoms with van der Waals surface area (Å²) in [5, 5.41) is 8.16. The van der Waals surface area contributed by atoms with E-state index in [1.165, 1.54) is 35.4 Å². The zero-order valence-corrected chi connectivity index (χ0v) is 19.6. The third-order valence-corrected chi connectivity index (χ3v) is 6.06. The molecule has 2 heterocycles. The highest BCUT2D eigenvalue weighted by Gasteiger charge is 2.35. The van der Waals surface area contributed by atoms with Gasteiger partial charge in [0.15, 0.2) is 6.73 Å².